The Morgan fingerprint density at radius 3 is 2.89 bits per heavy atom. The fraction of sp³-hybridized carbons (Fsp3) is 0.667. The molecule has 0 aliphatic heterocycles. The van der Waals surface area contributed by atoms with E-state index in [2.05, 4.69) is 10.4 Å². The third-order valence-electron chi connectivity index (χ3n) is 2.99. The van der Waals surface area contributed by atoms with Gasteiger partial charge < -0.3 is 15.8 Å². The molecule has 19 heavy (non-hydrogen) atoms. The molecule has 2 atom stereocenters. The first-order chi connectivity index (χ1) is 8.58. The number of nitrogens with zero attached hydrogens (tertiary/aromatic N) is 2. The van der Waals surface area contributed by atoms with Crippen molar-refractivity contribution in [3.05, 3.63) is 12.4 Å². The van der Waals surface area contributed by atoms with Crippen LogP contribution in [0.2, 0.25) is 0 Å². The zero-order valence-corrected chi connectivity index (χ0v) is 12.4. The van der Waals surface area contributed by atoms with Crippen LogP contribution in [0.1, 0.15) is 20.3 Å². The molecule has 0 bridgehead atoms. The molecule has 110 valence electrons. The maximum Gasteiger partial charge on any atom is 0.241 e. The molecular weight excluding hydrogens is 268 g/mol. The van der Waals surface area contributed by atoms with E-state index in [0.717, 1.165) is 6.42 Å². The van der Waals surface area contributed by atoms with Gasteiger partial charge in [-0.3, -0.25) is 9.48 Å². The van der Waals surface area contributed by atoms with Gasteiger partial charge in [-0.2, -0.15) is 5.10 Å². The number of carbonyl (C=O) groups excluding carboxylic acids is 1. The first-order valence-corrected chi connectivity index (χ1v) is 6.16. The van der Waals surface area contributed by atoms with Crippen molar-refractivity contribution in [3.63, 3.8) is 0 Å². The minimum atomic E-state index is -0.489. The number of aromatic nitrogens is 2. The van der Waals surface area contributed by atoms with Crippen molar-refractivity contribution < 1.29 is 9.53 Å². The van der Waals surface area contributed by atoms with Gasteiger partial charge in [-0.05, 0) is 5.92 Å². The van der Waals surface area contributed by atoms with Gasteiger partial charge in [-0.1, -0.05) is 20.3 Å². The van der Waals surface area contributed by atoms with E-state index in [1.54, 1.807) is 24.2 Å². The number of hydrogen-bond acceptors (Lipinski definition) is 4. The zero-order chi connectivity index (χ0) is 13.5. The second-order valence-corrected chi connectivity index (χ2v) is 4.39. The summed E-state index contributed by atoms with van der Waals surface area (Å²) < 4.78 is 6.67. The molecule has 1 heterocycles. The first kappa shape index (κ1) is 17.9. The Balaban J connectivity index is 0.00000324. The van der Waals surface area contributed by atoms with Gasteiger partial charge in [0.1, 0.15) is 0 Å². The standard InChI is InChI=1S/C12H22N4O2.ClH/c1-4-9(2)11(13)12(17)15-10-7-14-16(8-10)5-6-18-3;/h7-9,11H,4-6,13H2,1-3H3,(H,15,17);1H. The monoisotopic (exact) mass is 290 g/mol. The smallest absolute Gasteiger partial charge is 0.241 e. The zero-order valence-electron chi connectivity index (χ0n) is 11.6. The SMILES string of the molecule is CCC(C)C(N)C(=O)Nc1cnn(CCOC)c1.Cl. The Kier molecular flexibility index (Phi) is 8.38. The Bertz CT molecular complexity index is 384. The van der Waals surface area contributed by atoms with Crippen LogP contribution in [0.25, 0.3) is 0 Å². The second kappa shape index (κ2) is 8.90. The largest absolute Gasteiger partial charge is 0.383 e. The topological polar surface area (TPSA) is 82.2 Å². The van der Waals surface area contributed by atoms with Gasteiger partial charge in [0, 0.05) is 13.3 Å². The number of methoxy groups -OCH3 is 1. The van der Waals surface area contributed by atoms with E-state index in [4.69, 9.17) is 10.5 Å². The van der Waals surface area contributed by atoms with Crippen LogP contribution in [0.15, 0.2) is 12.4 Å². The summed E-state index contributed by atoms with van der Waals surface area (Å²) in [6, 6.07) is -0.489. The van der Waals surface area contributed by atoms with Gasteiger partial charge in [-0.25, -0.2) is 0 Å². The average molecular weight is 291 g/mol. The molecule has 0 radical (unpaired) electrons. The highest BCUT2D eigenvalue weighted by Gasteiger charge is 2.19. The number of ether oxygens (including phenoxy) is 1. The molecule has 1 aromatic rings. The number of anilines is 1. The maximum atomic E-state index is 11.8. The molecule has 0 aliphatic carbocycles. The van der Waals surface area contributed by atoms with Crippen LogP contribution < -0.4 is 11.1 Å². The number of hydrogen-bond donors (Lipinski definition) is 2. The van der Waals surface area contributed by atoms with Crippen molar-refractivity contribution in [3.8, 4) is 0 Å². The number of carbonyl (C=O) groups is 1. The van der Waals surface area contributed by atoms with Gasteiger partial charge in [0.2, 0.25) is 5.91 Å². The summed E-state index contributed by atoms with van der Waals surface area (Å²) in [5, 5.41) is 6.88. The van der Waals surface area contributed by atoms with Gasteiger partial charge in [0.05, 0.1) is 31.1 Å². The van der Waals surface area contributed by atoms with Crippen LogP contribution in [0.4, 0.5) is 5.69 Å². The molecular formula is C12H23ClN4O2. The Labute approximate surface area is 120 Å². The van der Waals surface area contributed by atoms with Crippen molar-refractivity contribution in [2.24, 2.45) is 11.7 Å². The predicted octanol–water partition coefficient (Wildman–Crippen LogP) is 1.26. The number of rotatable bonds is 7. The number of nitrogens with two attached hydrogens (primary N) is 1. The molecule has 0 saturated carbocycles. The van der Waals surface area contributed by atoms with Crippen molar-refractivity contribution >= 4 is 24.0 Å². The summed E-state index contributed by atoms with van der Waals surface area (Å²) in [6.07, 6.45) is 4.25. The van der Waals surface area contributed by atoms with E-state index < -0.39 is 6.04 Å². The molecule has 0 aliphatic rings. The van der Waals surface area contributed by atoms with Crippen LogP contribution in [0.3, 0.4) is 0 Å². The van der Waals surface area contributed by atoms with E-state index in [0.29, 0.717) is 18.8 Å². The van der Waals surface area contributed by atoms with Gasteiger partial charge in [-0.15, -0.1) is 12.4 Å². The van der Waals surface area contributed by atoms with E-state index in [-0.39, 0.29) is 24.2 Å². The minimum Gasteiger partial charge on any atom is -0.383 e. The number of amides is 1. The molecule has 3 N–H and O–H groups in total. The minimum absolute atomic E-state index is 0. The summed E-state index contributed by atoms with van der Waals surface area (Å²) in [4.78, 5) is 11.8. The van der Waals surface area contributed by atoms with E-state index in [1.807, 2.05) is 13.8 Å². The lowest BCUT2D eigenvalue weighted by atomic mass is 9.99. The van der Waals surface area contributed by atoms with E-state index in [9.17, 15) is 4.79 Å². The predicted molar refractivity (Wildman–Crippen MR) is 77.4 cm³/mol. The highest BCUT2D eigenvalue weighted by molar-refractivity contribution is 5.94. The molecule has 1 amide bonds. The lowest BCUT2D eigenvalue weighted by Crippen LogP contribution is -2.40. The molecule has 0 fully saturated rings. The summed E-state index contributed by atoms with van der Waals surface area (Å²) in [5.41, 5.74) is 6.51. The van der Waals surface area contributed by atoms with Crippen LogP contribution in [-0.4, -0.2) is 35.4 Å². The first-order valence-electron chi connectivity index (χ1n) is 6.16. The van der Waals surface area contributed by atoms with Gasteiger partial charge in [0.15, 0.2) is 0 Å². The Morgan fingerprint density at radius 2 is 2.32 bits per heavy atom. The quantitative estimate of drug-likeness (QED) is 0.792. The molecule has 2 unspecified atom stereocenters. The fourth-order valence-corrected chi connectivity index (χ4v) is 1.47. The summed E-state index contributed by atoms with van der Waals surface area (Å²) in [7, 11) is 1.64. The molecule has 0 aromatic carbocycles. The van der Waals surface area contributed by atoms with Crippen molar-refractivity contribution in [2.45, 2.75) is 32.9 Å². The molecule has 0 spiro atoms. The molecule has 6 nitrogen and oxygen atoms in total. The maximum absolute atomic E-state index is 11.8. The summed E-state index contributed by atoms with van der Waals surface area (Å²) >= 11 is 0. The van der Waals surface area contributed by atoms with Gasteiger partial charge in [0.25, 0.3) is 0 Å². The summed E-state index contributed by atoms with van der Waals surface area (Å²) in [5.74, 6) is -0.0100. The third-order valence-corrected chi connectivity index (χ3v) is 2.99. The number of halogens is 1. The molecule has 0 saturated heterocycles. The summed E-state index contributed by atoms with van der Waals surface area (Å²) in [6.45, 7) is 5.22. The molecule has 1 rings (SSSR count). The van der Waals surface area contributed by atoms with E-state index in [1.165, 1.54) is 0 Å². The third kappa shape index (κ3) is 5.59. The average Bonchev–Trinajstić information content (AvgIpc) is 2.81. The highest BCUT2D eigenvalue weighted by Crippen LogP contribution is 2.10. The normalized spacial score (nSPS) is 13.5. The van der Waals surface area contributed by atoms with Crippen LogP contribution in [0, 0.1) is 5.92 Å². The van der Waals surface area contributed by atoms with Crippen LogP contribution in [-0.2, 0) is 16.1 Å². The fourth-order valence-electron chi connectivity index (χ4n) is 1.47. The van der Waals surface area contributed by atoms with Crippen molar-refractivity contribution in [1.82, 2.24) is 9.78 Å². The molecule has 1 aromatic heterocycles. The second-order valence-electron chi connectivity index (χ2n) is 4.39. The highest BCUT2D eigenvalue weighted by atomic mass is 35.5. The van der Waals surface area contributed by atoms with Crippen molar-refractivity contribution in [2.75, 3.05) is 19.0 Å². The van der Waals surface area contributed by atoms with Gasteiger partial charge >= 0.3 is 0 Å². The van der Waals surface area contributed by atoms with Crippen LogP contribution in [0.5, 0.6) is 0 Å². The number of nitrogens with one attached hydrogen (secondary N) is 1. The molecule has 7 heteroatoms. The Morgan fingerprint density at radius 1 is 1.63 bits per heavy atom. The van der Waals surface area contributed by atoms with Crippen molar-refractivity contribution in [1.29, 1.82) is 0 Å². The van der Waals surface area contributed by atoms with Crippen LogP contribution >= 0.6 is 12.4 Å². The Hall–Kier alpha value is -1.11. The lowest BCUT2D eigenvalue weighted by molar-refractivity contribution is -0.118. The lowest BCUT2D eigenvalue weighted by Gasteiger charge is -2.16. The van der Waals surface area contributed by atoms with E-state index >= 15 is 0 Å².